The molecule has 2 rings (SSSR count). The maximum Gasteiger partial charge on any atom is 0.229 e. The highest BCUT2D eigenvalue weighted by Gasteiger charge is 2.13. The molecule has 0 aliphatic rings. The maximum atomic E-state index is 5.23. The summed E-state index contributed by atoms with van der Waals surface area (Å²) in [7, 11) is 0. The first-order valence-corrected chi connectivity index (χ1v) is 6.09. The first kappa shape index (κ1) is 11.3. The molecule has 0 saturated carbocycles. The molecule has 1 heterocycles. The molecule has 1 aromatic heterocycles. The number of hydrogen-bond acceptors (Lipinski definition) is 3. The lowest BCUT2D eigenvalue weighted by Crippen LogP contribution is -1.90. The average Bonchev–Trinajstić information content (AvgIpc) is 2.78. The third-order valence-corrected chi connectivity index (χ3v) is 3.11. The third kappa shape index (κ3) is 2.32. The Kier molecular flexibility index (Phi) is 3.39. The molecular weight excluding hydrogens is 268 g/mol. The first-order chi connectivity index (χ1) is 7.70. The lowest BCUT2D eigenvalue weighted by molar-refractivity contribution is 0.357. The molecule has 16 heavy (non-hydrogen) atoms. The predicted molar refractivity (Wildman–Crippen MR) is 66.1 cm³/mol. The van der Waals surface area contributed by atoms with Crippen LogP contribution in [0.4, 0.5) is 0 Å². The summed E-state index contributed by atoms with van der Waals surface area (Å²) in [5.74, 6) is 1.68. The molecule has 0 saturated heterocycles. The molecule has 0 bridgehead atoms. The molecular formula is C12H13BrN2O. The van der Waals surface area contributed by atoms with E-state index in [9.17, 15) is 0 Å². The van der Waals surface area contributed by atoms with Gasteiger partial charge in [-0.05, 0) is 30.7 Å². The van der Waals surface area contributed by atoms with E-state index in [1.54, 1.807) is 0 Å². The highest BCUT2D eigenvalue weighted by Crippen LogP contribution is 2.22. The monoisotopic (exact) mass is 280 g/mol. The van der Waals surface area contributed by atoms with Gasteiger partial charge in [-0.15, -0.1) is 0 Å². The van der Waals surface area contributed by atoms with Crippen LogP contribution in [-0.2, 0) is 0 Å². The van der Waals surface area contributed by atoms with Gasteiger partial charge in [0, 0.05) is 16.0 Å². The summed E-state index contributed by atoms with van der Waals surface area (Å²) in [6.45, 7) is 4.19. The molecule has 4 heteroatoms. The van der Waals surface area contributed by atoms with Crippen LogP contribution in [0.5, 0.6) is 0 Å². The van der Waals surface area contributed by atoms with Crippen LogP contribution in [0, 0.1) is 0 Å². The second kappa shape index (κ2) is 4.78. The molecule has 0 radical (unpaired) electrons. The molecule has 3 nitrogen and oxygen atoms in total. The number of rotatable bonds is 3. The molecule has 0 fully saturated rings. The van der Waals surface area contributed by atoms with E-state index in [1.807, 2.05) is 24.3 Å². The summed E-state index contributed by atoms with van der Waals surface area (Å²) in [4.78, 5) is 4.39. The van der Waals surface area contributed by atoms with E-state index in [2.05, 4.69) is 39.9 Å². The van der Waals surface area contributed by atoms with Gasteiger partial charge in [-0.25, -0.2) is 0 Å². The van der Waals surface area contributed by atoms with E-state index in [0.29, 0.717) is 17.6 Å². The topological polar surface area (TPSA) is 38.9 Å². The number of nitrogens with zero attached hydrogens (tertiary/aromatic N) is 2. The van der Waals surface area contributed by atoms with Crippen molar-refractivity contribution in [3.8, 4) is 11.4 Å². The average molecular weight is 281 g/mol. The van der Waals surface area contributed by atoms with Gasteiger partial charge in [0.2, 0.25) is 11.7 Å². The highest BCUT2D eigenvalue weighted by molar-refractivity contribution is 9.10. The van der Waals surface area contributed by atoms with Gasteiger partial charge in [-0.1, -0.05) is 34.9 Å². The molecule has 1 unspecified atom stereocenters. The fourth-order valence-electron chi connectivity index (χ4n) is 1.33. The molecule has 2 aromatic rings. The van der Waals surface area contributed by atoms with Gasteiger partial charge in [0.25, 0.3) is 0 Å². The molecule has 0 amide bonds. The van der Waals surface area contributed by atoms with Crippen molar-refractivity contribution in [1.82, 2.24) is 10.1 Å². The Morgan fingerprint density at radius 3 is 2.62 bits per heavy atom. The van der Waals surface area contributed by atoms with Crippen LogP contribution in [-0.4, -0.2) is 10.1 Å². The summed E-state index contributed by atoms with van der Waals surface area (Å²) in [6.07, 6.45) is 1.00. The van der Waals surface area contributed by atoms with Crippen LogP contribution in [0.15, 0.2) is 33.3 Å². The largest absolute Gasteiger partial charge is 0.339 e. The Hall–Kier alpha value is -1.16. The number of benzene rings is 1. The lowest BCUT2D eigenvalue weighted by Gasteiger charge is -1.98. The van der Waals surface area contributed by atoms with Gasteiger partial charge in [-0.2, -0.15) is 4.98 Å². The standard InChI is InChI=1S/C12H13BrN2O/c1-3-8(2)12-14-11(15-16-12)9-4-6-10(13)7-5-9/h4-8H,3H2,1-2H3. The molecule has 84 valence electrons. The molecule has 0 N–H and O–H groups in total. The van der Waals surface area contributed by atoms with Crippen molar-refractivity contribution in [3.63, 3.8) is 0 Å². The third-order valence-electron chi connectivity index (χ3n) is 2.58. The SMILES string of the molecule is CCC(C)c1nc(-c2ccc(Br)cc2)no1. The van der Waals surface area contributed by atoms with Crippen molar-refractivity contribution in [1.29, 1.82) is 0 Å². The molecule has 1 atom stereocenters. The fraction of sp³-hybridized carbons (Fsp3) is 0.333. The van der Waals surface area contributed by atoms with Gasteiger partial charge in [0.15, 0.2) is 0 Å². The highest BCUT2D eigenvalue weighted by atomic mass is 79.9. The minimum Gasteiger partial charge on any atom is -0.339 e. The number of halogens is 1. The first-order valence-electron chi connectivity index (χ1n) is 5.30. The van der Waals surface area contributed by atoms with Gasteiger partial charge in [0.1, 0.15) is 0 Å². The summed E-state index contributed by atoms with van der Waals surface area (Å²) >= 11 is 3.39. The Bertz CT molecular complexity index is 464. The van der Waals surface area contributed by atoms with Crippen LogP contribution < -0.4 is 0 Å². The van der Waals surface area contributed by atoms with Crippen LogP contribution in [0.3, 0.4) is 0 Å². The zero-order chi connectivity index (χ0) is 11.5. The lowest BCUT2D eigenvalue weighted by atomic mass is 10.1. The Labute approximate surface area is 103 Å². The fourth-order valence-corrected chi connectivity index (χ4v) is 1.59. The van der Waals surface area contributed by atoms with E-state index in [4.69, 9.17) is 4.52 Å². The van der Waals surface area contributed by atoms with Crippen LogP contribution in [0.2, 0.25) is 0 Å². The second-order valence-electron chi connectivity index (χ2n) is 3.77. The molecule has 0 spiro atoms. The van der Waals surface area contributed by atoms with E-state index < -0.39 is 0 Å². The number of aromatic nitrogens is 2. The minimum absolute atomic E-state index is 0.316. The molecule has 1 aromatic carbocycles. The van der Waals surface area contributed by atoms with Gasteiger partial charge >= 0.3 is 0 Å². The molecule has 0 aliphatic heterocycles. The summed E-state index contributed by atoms with van der Waals surface area (Å²) < 4.78 is 6.27. The van der Waals surface area contributed by atoms with Crippen LogP contribution >= 0.6 is 15.9 Å². The normalized spacial score (nSPS) is 12.7. The van der Waals surface area contributed by atoms with Crippen LogP contribution in [0.25, 0.3) is 11.4 Å². The van der Waals surface area contributed by atoms with E-state index in [-0.39, 0.29) is 0 Å². The van der Waals surface area contributed by atoms with Gasteiger partial charge < -0.3 is 4.52 Å². The van der Waals surface area contributed by atoms with Crippen LogP contribution in [0.1, 0.15) is 32.1 Å². The maximum absolute atomic E-state index is 5.23. The van der Waals surface area contributed by atoms with Crippen molar-refractivity contribution in [2.24, 2.45) is 0 Å². The second-order valence-corrected chi connectivity index (χ2v) is 4.69. The summed E-state index contributed by atoms with van der Waals surface area (Å²) in [6, 6.07) is 7.87. The molecule has 0 aliphatic carbocycles. The van der Waals surface area contributed by atoms with Crippen molar-refractivity contribution in [2.75, 3.05) is 0 Å². The number of hydrogen-bond donors (Lipinski definition) is 0. The van der Waals surface area contributed by atoms with Crippen molar-refractivity contribution >= 4 is 15.9 Å². The van der Waals surface area contributed by atoms with E-state index >= 15 is 0 Å². The smallest absolute Gasteiger partial charge is 0.229 e. The Balaban J connectivity index is 2.28. The zero-order valence-corrected chi connectivity index (χ0v) is 10.9. The van der Waals surface area contributed by atoms with Gasteiger partial charge in [0.05, 0.1) is 0 Å². The zero-order valence-electron chi connectivity index (χ0n) is 9.27. The quantitative estimate of drug-likeness (QED) is 0.853. The summed E-state index contributed by atoms with van der Waals surface area (Å²) in [5.41, 5.74) is 0.974. The van der Waals surface area contributed by atoms with E-state index in [0.717, 1.165) is 16.5 Å². The van der Waals surface area contributed by atoms with Crippen molar-refractivity contribution < 1.29 is 4.52 Å². The summed E-state index contributed by atoms with van der Waals surface area (Å²) in [5, 5.41) is 3.98. The van der Waals surface area contributed by atoms with Crippen molar-refractivity contribution in [3.05, 3.63) is 34.6 Å². The van der Waals surface area contributed by atoms with E-state index in [1.165, 1.54) is 0 Å². The minimum atomic E-state index is 0.316. The van der Waals surface area contributed by atoms with Crippen molar-refractivity contribution in [2.45, 2.75) is 26.2 Å². The Morgan fingerprint density at radius 2 is 2.00 bits per heavy atom. The Morgan fingerprint density at radius 1 is 1.31 bits per heavy atom. The predicted octanol–water partition coefficient (Wildman–Crippen LogP) is 4.01. The van der Waals surface area contributed by atoms with Gasteiger partial charge in [-0.3, -0.25) is 0 Å².